The van der Waals surface area contributed by atoms with Crippen LogP contribution in [0.5, 0.6) is 0 Å². The molecule has 2 heterocycles. The molecule has 1 atom stereocenters. The Hall–Kier alpha value is -2.73. The van der Waals surface area contributed by atoms with E-state index in [2.05, 4.69) is 55.3 Å². The molecule has 6 heteroatoms. The van der Waals surface area contributed by atoms with Crippen molar-refractivity contribution in [2.75, 3.05) is 13.1 Å². The summed E-state index contributed by atoms with van der Waals surface area (Å²) in [6, 6.07) is 14.6. The van der Waals surface area contributed by atoms with Crippen LogP contribution in [0.2, 0.25) is 0 Å². The van der Waals surface area contributed by atoms with Gasteiger partial charge in [0.05, 0.1) is 19.1 Å². The molecule has 0 aliphatic carbocycles. The third kappa shape index (κ3) is 3.32. The molecule has 0 fully saturated rings. The summed E-state index contributed by atoms with van der Waals surface area (Å²) in [5.74, 6) is 1.91. The van der Waals surface area contributed by atoms with Crippen molar-refractivity contribution in [2.24, 2.45) is 0 Å². The molecular weight excluding hydrogens is 326 g/mol. The van der Waals surface area contributed by atoms with E-state index in [1.54, 1.807) is 0 Å². The molecule has 1 amide bonds. The van der Waals surface area contributed by atoms with Gasteiger partial charge in [0.15, 0.2) is 0 Å². The van der Waals surface area contributed by atoms with E-state index in [0.717, 1.165) is 30.3 Å². The number of aryl methyl sites for hydroxylation is 1. The number of carbonyl (C=O) groups excluding carboxylic acids is 1. The Bertz CT molecular complexity index is 948. The maximum absolute atomic E-state index is 12.5. The van der Waals surface area contributed by atoms with Crippen molar-refractivity contribution in [3.05, 3.63) is 59.7 Å². The minimum atomic E-state index is -0.0252. The highest BCUT2D eigenvalue weighted by molar-refractivity contribution is 5.83. The van der Waals surface area contributed by atoms with Crippen molar-refractivity contribution in [1.29, 1.82) is 0 Å². The fourth-order valence-electron chi connectivity index (χ4n) is 3.54. The molecular formula is C20H23N5O. The molecule has 134 valence electrons. The fourth-order valence-corrected chi connectivity index (χ4v) is 3.54. The summed E-state index contributed by atoms with van der Waals surface area (Å²) in [6.45, 7) is 6.70. The number of benzene rings is 2. The van der Waals surface area contributed by atoms with Gasteiger partial charge in [-0.1, -0.05) is 36.4 Å². The van der Waals surface area contributed by atoms with Gasteiger partial charge in [0.2, 0.25) is 5.91 Å². The topological polar surface area (TPSA) is 63.1 Å². The summed E-state index contributed by atoms with van der Waals surface area (Å²) in [4.78, 5) is 14.6. The Balaban J connectivity index is 1.38. The normalized spacial score (nSPS) is 15.6. The molecule has 26 heavy (non-hydrogen) atoms. The number of rotatable bonds is 4. The van der Waals surface area contributed by atoms with Gasteiger partial charge in [-0.3, -0.25) is 9.69 Å². The van der Waals surface area contributed by atoms with E-state index < -0.39 is 0 Å². The first-order valence-electron chi connectivity index (χ1n) is 8.99. The monoisotopic (exact) mass is 349 g/mol. The van der Waals surface area contributed by atoms with E-state index in [1.807, 2.05) is 26.0 Å². The molecule has 3 aromatic rings. The van der Waals surface area contributed by atoms with Crippen LogP contribution in [0.4, 0.5) is 0 Å². The maximum Gasteiger partial charge on any atom is 0.234 e. The van der Waals surface area contributed by atoms with Crippen LogP contribution in [-0.4, -0.2) is 38.7 Å². The highest BCUT2D eigenvalue weighted by Crippen LogP contribution is 2.20. The van der Waals surface area contributed by atoms with Gasteiger partial charge in [-0.2, -0.15) is 0 Å². The Kier molecular flexibility index (Phi) is 4.42. The van der Waals surface area contributed by atoms with Crippen molar-refractivity contribution in [1.82, 2.24) is 25.0 Å². The van der Waals surface area contributed by atoms with E-state index in [9.17, 15) is 4.79 Å². The fraction of sp³-hybridized carbons (Fsp3) is 0.350. The summed E-state index contributed by atoms with van der Waals surface area (Å²) in [7, 11) is 0. The molecule has 1 aliphatic rings. The molecule has 0 spiro atoms. The lowest BCUT2D eigenvalue weighted by molar-refractivity contribution is -0.123. The van der Waals surface area contributed by atoms with E-state index in [1.165, 1.54) is 10.8 Å². The molecule has 0 bridgehead atoms. The zero-order chi connectivity index (χ0) is 18.1. The summed E-state index contributed by atoms with van der Waals surface area (Å²) < 4.78 is 2.12. The lowest BCUT2D eigenvalue weighted by Crippen LogP contribution is -2.42. The zero-order valence-corrected chi connectivity index (χ0v) is 15.1. The van der Waals surface area contributed by atoms with E-state index in [4.69, 9.17) is 0 Å². The van der Waals surface area contributed by atoms with Crippen molar-refractivity contribution >= 4 is 16.7 Å². The number of fused-ring (bicyclic) bond motifs is 2. The third-order valence-corrected chi connectivity index (χ3v) is 5.04. The zero-order valence-electron chi connectivity index (χ0n) is 15.1. The highest BCUT2D eigenvalue weighted by atomic mass is 16.2. The number of hydrogen-bond acceptors (Lipinski definition) is 4. The van der Waals surface area contributed by atoms with Crippen molar-refractivity contribution in [2.45, 2.75) is 33.0 Å². The van der Waals surface area contributed by atoms with E-state index in [-0.39, 0.29) is 11.9 Å². The van der Waals surface area contributed by atoms with E-state index >= 15 is 0 Å². The Morgan fingerprint density at radius 1 is 1.15 bits per heavy atom. The van der Waals surface area contributed by atoms with Crippen LogP contribution >= 0.6 is 0 Å². The second-order valence-electron chi connectivity index (χ2n) is 6.92. The molecule has 1 aromatic heterocycles. The van der Waals surface area contributed by atoms with Gasteiger partial charge in [0, 0.05) is 13.1 Å². The van der Waals surface area contributed by atoms with Gasteiger partial charge >= 0.3 is 0 Å². The number of nitrogens with one attached hydrogen (secondary N) is 1. The summed E-state index contributed by atoms with van der Waals surface area (Å²) in [5, 5.41) is 13.8. The standard InChI is InChI=1S/C20H23N5O/c1-14(17-8-7-16-5-3-4-6-18(16)11-17)21-20(26)13-24-9-10-25-15(2)22-23-19(25)12-24/h3-8,11,14H,9-10,12-13H2,1-2H3,(H,21,26)/t14-/m0/s1. The number of nitrogens with zero attached hydrogens (tertiary/aromatic N) is 4. The van der Waals surface area contributed by atoms with Gasteiger partial charge in [-0.05, 0) is 36.2 Å². The molecule has 0 unspecified atom stereocenters. The molecule has 2 aromatic carbocycles. The smallest absolute Gasteiger partial charge is 0.234 e. The molecule has 0 saturated carbocycles. The average molecular weight is 349 g/mol. The van der Waals surface area contributed by atoms with Gasteiger partial charge in [-0.25, -0.2) is 0 Å². The first-order chi connectivity index (χ1) is 12.6. The summed E-state index contributed by atoms with van der Waals surface area (Å²) in [5.41, 5.74) is 1.12. The van der Waals surface area contributed by atoms with Crippen LogP contribution in [0.25, 0.3) is 10.8 Å². The van der Waals surface area contributed by atoms with Crippen LogP contribution < -0.4 is 5.32 Å². The predicted octanol–water partition coefficient (Wildman–Crippen LogP) is 2.43. The Morgan fingerprint density at radius 2 is 1.96 bits per heavy atom. The minimum absolute atomic E-state index is 0.0252. The number of carbonyl (C=O) groups is 1. The first kappa shape index (κ1) is 16.7. The highest BCUT2D eigenvalue weighted by Gasteiger charge is 2.22. The molecule has 1 aliphatic heterocycles. The van der Waals surface area contributed by atoms with Crippen molar-refractivity contribution < 1.29 is 4.79 Å². The minimum Gasteiger partial charge on any atom is -0.348 e. The van der Waals surface area contributed by atoms with Crippen LogP contribution in [-0.2, 0) is 17.9 Å². The average Bonchev–Trinajstić information content (AvgIpc) is 3.01. The van der Waals surface area contributed by atoms with Crippen molar-refractivity contribution in [3.63, 3.8) is 0 Å². The van der Waals surface area contributed by atoms with Crippen molar-refractivity contribution in [3.8, 4) is 0 Å². The van der Waals surface area contributed by atoms with Crippen LogP contribution in [0, 0.1) is 6.92 Å². The second kappa shape index (κ2) is 6.88. The SMILES string of the molecule is Cc1nnc2n1CCN(CC(=O)N[C@@H](C)c1ccc3ccccc3c1)C2. The van der Waals surface area contributed by atoms with Gasteiger partial charge < -0.3 is 9.88 Å². The largest absolute Gasteiger partial charge is 0.348 e. The molecule has 6 nitrogen and oxygen atoms in total. The number of aromatic nitrogens is 3. The van der Waals surface area contributed by atoms with Crippen LogP contribution in [0.1, 0.15) is 30.2 Å². The Labute approximate surface area is 152 Å². The molecule has 0 saturated heterocycles. The first-order valence-corrected chi connectivity index (χ1v) is 8.99. The summed E-state index contributed by atoms with van der Waals surface area (Å²) >= 11 is 0. The molecule has 1 N–H and O–H groups in total. The van der Waals surface area contributed by atoms with Gasteiger partial charge in [0.25, 0.3) is 0 Å². The molecule has 4 rings (SSSR count). The van der Waals surface area contributed by atoms with Crippen LogP contribution in [0.3, 0.4) is 0 Å². The van der Waals surface area contributed by atoms with Gasteiger partial charge in [-0.15, -0.1) is 10.2 Å². The van der Waals surface area contributed by atoms with Gasteiger partial charge in [0.1, 0.15) is 11.6 Å². The third-order valence-electron chi connectivity index (χ3n) is 5.04. The lowest BCUT2D eigenvalue weighted by atomic mass is 10.0. The Morgan fingerprint density at radius 3 is 2.81 bits per heavy atom. The number of hydrogen-bond donors (Lipinski definition) is 1. The quantitative estimate of drug-likeness (QED) is 0.786. The van der Waals surface area contributed by atoms with Crippen LogP contribution in [0.15, 0.2) is 42.5 Å². The van der Waals surface area contributed by atoms with E-state index in [0.29, 0.717) is 13.1 Å². The second-order valence-corrected chi connectivity index (χ2v) is 6.92. The molecule has 0 radical (unpaired) electrons. The summed E-state index contributed by atoms with van der Waals surface area (Å²) in [6.07, 6.45) is 0. The lowest BCUT2D eigenvalue weighted by Gasteiger charge is -2.27. The predicted molar refractivity (Wildman–Crippen MR) is 101 cm³/mol. The maximum atomic E-state index is 12.5. The number of amides is 1.